The number of hydrogen-bond acceptors (Lipinski definition) is 4. The Kier molecular flexibility index (Phi) is 5.52. The summed E-state index contributed by atoms with van der Waals surface area (Å²) in [6, 6.07) is 11.8. The lowest BCUT2D eigenvalue weighted by atomic mass is 10.1. The van der Waals surface area contributed by atoms with Crippen molar-refractivity contribution in [2.45, 2.75) is 19.5 Å². The minimum Gasteiger partial charge on any atom is -0.481 e. The number of carboxylic acids is 1. The van der Waals surface area contributed by atoms with Gasteiger partial charge in [-0.05, 0) is 35.9 Å². The molecule has 0 bridgehead atoms. The molecule has 2 aromatic heterocycles. The number of pyridine rings is 2. The van der Waals surface area contributed by atoms with E-state index in [9.17, 15) is 14.4 Å². The first-order valence-corrected chi connectivity index (χ1v) is 8.56. The largest absolute Gasteiger partial charge is 0.481 e. The topological polar surface area (TPSA) is 101 Å². The fourth-order valence-electron chi connectivity index (χ4n) is 2.66. The predicted molar refractivity (Wildman–Crippen MR) is 101 cm³/mol. The zero-order chi connectivity index (χ0) is 19.4. The molecule has 0 saturated heterocycles. The first-order chi connectivity index (χ1) is 13.0. The third-order valence-corrected chi connectivity index (χ3v) is 4.26. The molecule has 8 heteroatoms. The van der Waals surface area contributed by atoms with Crippen LogP contribution in [0.15, 0.2) is 53.5 Å². The third kappa shape index (κ3) is 4.32. The Morgan fingerprint density at radius 2 is 1.93 bits per heavy atom. The molecule has 1 amide bonds. The van der Waals surface area contributed by atoms with Crippen molar-refractivity contribution in [3.63, 3.8) is 0 Å². The Balaban J connectivity index is 1.91. The summed E-state index contributed by atoms with van der Waals surface area (Å²) in [6.07, 6.45) is 1.26. The normalized spacial score (nSPS) is 10.7. The minimum absolute atomic E-state index is 0.0603. The van der Waals surface area contributed by atoms with Gasteiger partial charge in [0.25, 0.3) is 11.5 Å². The fourth-order valence-corrected chi connectivity index (χ4v) is 2.79. The van der Waals surface area contributed by atoms with Gasteiger partial charge in [0.15, 0.2) is 0 Å². The summed E-state index contributed by atoms with van der Waals surface area (Å²) < 4.78 is 1.22. The summed E-state index contributed by atoms with van der Waals surface area (Å²) in [5.74, 6) is -1.58. The second kappa shape index (κ2) is 8.01. The Morgan fingerprint density at radius 1 is 1.19 bits per heavy atom. The quantitative estimate of drug-likeness (QED) is 0.678. The SMILES string of the molecule is O=C(O)CCn1c(=O)c(C(=O)NCc2ccc(Cl)cc2)cc2cccnc21. The van der Waals surface area contributed by atoms with Gasteiger partial charge in [0, 0.05) is 29.7 Å². The summed E-state index contributed by atoms with van der Waals surface area (Å²) in [5, 5.41) is 12.8. The van der Waals surface area contributed by atoms with Gasteiger partial charge in [-0.25, -0.2) is 4.98 Å². The van der Waals surface area contributed by atoms with Gasteiger partial charge in [-0.2, -0.15) is 0 Å². The molecule has 0 aliphatic heterocycles. The average Bonchev–Trinajstić information content (AvgIpc) is 2.66. The van der Waals surface area contributed by atoms with Crippen molar-refractivity contribution in [1.29, 1.82) is 0 Å². The lowest BCUT2D eigenvalue weighted by Crippen LogP contribution is -2.33. The van der Waals surface area contributed by atoms with Crippen molar-refractivity contribution in [2.75, 3.05) is 0 Å². The van der Waals surface area contributed by atoms with E-state index in [-0.39, 0.29) is 25.1 Å². The highest BCUT2D eigenvalue weighted by Crippen LogP contribution is 2.12. The van der Waals surface area contributed by atoms with Gasteiger partial charge in [0.1, 0.15) is 11.2 Å². The molecule has 3 aromatic rings. The van der Waals surface area contributed by atoms with Crippen molar-refractivity contribution in [3.8, 4) is 0 Å². The molecule has 27 heavy (non-hydrogen) atoms. The Morgan fingerprint density at radius 3 is 2.63 bits per heavy atom. The summed E-state index contributed by atoms with van der Waals surface area (Å²) >= 11 is 5.84. The highest BCUT2D eigenvalue weighted by Gasteiger charge is 2.16. The van der Waals surface area contributed by atoms with E-state index in [1.54, 1.807) is 36.4 Å². The molecular weight excluding hydrogens is 370 g/mol. The van der Waals surface area contributed by atoms with Crippen LogP contribution in [0, 0.1) is 0 Å². The highest BCUT2D eigenvalue weighted by atomic mass is 35.5. The molecule has 2 heterocycles. The van der Waals surface area contributed by atoms with E-state index in [1.165, 1.54) is 16.8 Å². The Labute approximate surface area is 159 Å². The van der Waals surface area contributed by atoms with E-state index < -0.39 is 17.4 Å². The molecule has 0 radical (unpaired) electrons. The van der Waals surface area contributed by atoms with Crippen LogP contribution in [0.4, 0.5) is 0 Å². The van der Waals surface area contributed by atoms with Crippen LogP contribution in [0.5, 0.6) is 0 Å². The molecule has 138 valence electrons. The molecule has 0 unspecified atom stereocenters. The minimum atomic E-state index is -1.04. The number of nitrogens with one attached hydrogen (secondary N) is 1. The zero-order valence-corrected chi connectivity index (χ0v) is 14.9. The number of benzene rings is 1. The standard InChI is InChI=1S/C19H16ClN3O4/c20-14-5-3-12(4-6-14)11-22-18(26)15-10-13-2-1-8-21-17(13)23(19(15)27)9-7-16(24)25/h1-6,8,10H,7,9,11H2,(H,22,26)(H,24,25). The molecule has 0 aliphatic rings. The number of aryl methyl sites for hydroxylation is 1. The van der Waals surface area contributed by atoms with Gasteiger partial charge < -0.3 is 10.4 Å². The van der Waals surface area contributed by atoms with Gasteiger partial charge in [-0.3, -0.25) is 19.0 Å². The molecule has 3 rings (SSSR count). The molecular formula is C19H16ClN3O4. The Bertz CT molecular complexity index is 1060. The monoisotopic (exact) mass is 385 g/mol. The number of aromatic nitrogens is 2. The third-order valence-electron chi connectivity index (χ3n) is 4.01. The van der Waals surface area contributed by atoms with Crippen LogP contribution in [0.2, 0.25) is 5.02 Å². The fraction of sp³-hybridized carbons (Fsp3) is 0.158. The summed E-state index contributed by atoms with van der Waals surface area (Å²) in [5.41, 5.74) is 0.547. The van der Waals surface area contributed by atoms with Crippen LogP contribution in [-0.2, 0) is 17.9 Å². The van der Waals surface area contributed by atoms with Crippen molar-refractivity contribution in [1.82, 2.24) is 14.9 Å². The maximum atomic E-state index is 12.7. The van der Waals surface area contributed by atoms with E-state index in [1.807, 2.05) is 0 Å². The number of hydrogen-bond donors (Lipinski definition) is 2. The van der Waals surface area contributed by atoms with Crippen molar-refractivity contribution in [2.24, 2.45) is 0 Å². The highest BCUT2D eigenvalue weighted by molar-refractivity contribution is 6.30. The van der Waals surface area contributed by atoms with Crippen LogP contribution < -0.4 is 10.9 Å². The molecule has 2 N–H and O–H groups in total. The number of fused-ring (bicyclic) bond motifs is 1. The second-order valence-electron chi connectivity index (χ2n) is 5.88. The van der Waals surface area contributed by atoms with Crippen LogP contribution in [0.3, 0.4) is 0 Å². The van der Waals surface area contributed by atoms with E-state index in [0.29, 0.717) is 16.1 Å². The maximum absolute atomic E-state index is 12.7. The van der Waals surface area contributed by atoms with E-state index in [4.69, 9.17) is 16.7 Å². The number of nitrogens with zero attached hydrogens (tertiary/aromatic N) is 2. The van der Waals surface area contributed by atoms with Crippen LogP contribution in [0.1, 0.15) is 22.3 Å². The van der Waals surface area contributed by atoms with E-state index in [2.05, 4.69) is 10.3 Å². The number of carbonyl (C=O) groups is 2. The number of aliphatic carboxylic acids is 1. The zero-order valence-electron chi connectivity index (χ0n) is 14.2. The molecule has 0 saturated carbocycles. The smallest absolute Gasteiger partial charge is 0.305 e. The molecule has 0 fully saturated rings. The first-order valence-electron chi connectivity index (χ1n) is 8.18. The second-order valence-corrected chi connectivity index (χ2v) is 6.32. The summed E-state index contributed by atoms with van der Waals surface area (Å²) in [7, 11) is 0. The van der Waals surface area contributed by atoms with Gasteiger partial charge in [-0.15, -0.1) is 0 Å². The molecule has 0 spiro atoms. The average molecular weight is 386 g/mol. The van der Waals surface area contributed by atoms with E-state index in [0.717, 1.165) is 5.56 Å². The molecule has 7 nitrogen and oxygen atoms in total. The van der Waals surface area contributed by atoms with Crippen molar-refractivity contribution < 1.29 is 14.7 Å². The van der Waals surface area contributed by atoms with Gasteiger partial charge in [-0.1, -0.05) is 23.7 Å². The van der Waals surface area contributed by atoms with Crippen LogP contribution in [0.25, 0.3) is 11.0 Å². The number of halogens is 1. The summed E-state index contributed by atoms with van der Waals surface area (Å²) in [4.78, 5) is 40.3. The van der Waals surface area contributed by atoms with Gasteiger partial charge in [0.05, 0.1) is 6.42 Å². The molecule has 0 aliphatic carbocycles. The maximum Gasteiger partial charge on any atom is 0.305 e. The number of carboxylic acid groups (broad SMARTS) is 1. The number of carbonyl (C=O) groups excluding carboxylic acids is 1. The van der Waals surface area contributed by atoms with Gasteiger partial charge >= 0.3 is 5.97 Å². The predicted octanol–water partition coefficient (Wildman–Crippen LogP) is 2.45. The lowest BCUT2D eigenvalue weighted by molar-refractivity contribution is -0.137. The lowest BCUT2D eigenvalue weighted by Gasteiger charge is -2.11. The van der Waals surface area contributed by atoms with E-state index >= 15 is 0 Å². The van der Waals surface area contributed by atoms with Gasteiger partial charge in [0.2, 0.25) is 0 Å². The summed E-state index contributed by atoms with van der Waals surface area (Å²) in [6.45, 7) is 0.162. The number of amides is 1. The van der Waals surface area contributed by atoms with Crippen molar-refractivity contribution >= 4 is 34.5 Å². The van der Waals surface area contributed by atoms with Crippen LogP contribution in [-0.4, -0.2) is 26.5 Å². The number of rotatable bonds is 6. The van der Waals surface area contributed by atoms with Crippen LogP contribution >= 0.6 is 11.6 Å². The molecule has 1 aromatic carbocycles. The first kappa shape index (κ1) is 18.6. The molecule has 0 atom stereocenters. The van der Waals surface area contributed by atoms with Crippen molar-refractivity contribution in [3.05, 3.63) is 75.2 Å². The Hall–Kier alpha value is -3.19.